The first-order valence-corrected chi connectivity index (χ1v) is 7.28. The van der Waals surface area contributed by atoms with Crippen LogP contribution in [0.1, 0.15) is 24.2 Å². The standard InChI is InChI=1S/C14H15Cl2N3O/c1-7-12-8-2-3-9(15)13(16)14(8)18-10(12)4-5-19(7)11(20)6-17/h2-3,7,18H,4-6,17H2,1H3/t7-/m1/s1. The summed E-state index contributed by atoms with van der Waals surface area (Å²) in [5.74, 6) is -0.0300. The van der Waals surface area contributed by atoms with Crippen LogP contribution >= 0.6 is 23.2 Å². The highest BCUT2D eigenvalue weighted by molar-refractivity contribution is 6.45. The average Bonchev–Trinajstić information content (AvgIpc) is 2.83. The van der Waals surface area contributed by atoms with Crippen molar-refractivity contribution in [2.75, 3.05) is 13.1 Å². The highest BCUT2D eigenvalue weighted by atomic mass is 35.5. The number of nitrogens with one attached hydrogen (secondary N) is 1. The second kappa shape index (κ2) is 4.95. The summed E-state index contributed by atoms with van der Waals surface area (Å²) >= 11 is 12.3. The van der Waals surface area contributed by atoms with E-state index in [1.165, 1.54) is 0 Å². The highest BCUT2D eigenvalue weighted by Gasteiger charge is 2.30. The van der Waals surface area contributed by atoms with E-state index in [0.29, 0.717) is 16.6 Å². The molecule has 1 aromatic carbocycles. The molecule has 4 nitrogen and oxygen atoms in total. The molecule has 0 radical (unpaired) electrons. The molecule has 1 aliphatic rings. The summed E-state index contributed by atoms with van der Waals surface area (Å²) in [5, 5.41) is 2.08. The Morgan fingerprint density at radius 3 is 2.95 bits per heavy atom. The van der Waals surface area contributed by atoms with Gasteiger partial charge in [-0.1, -0.05) is 29.3 Å². The van der Waals surface area contributed by atoms with Crippen LogP contribution in [0, 0.1) is 0 Å². The molecule has 6 heteroatoms. The van der Waals surface area contributed by atoms with Gasteiger partial charge in [0, 0.05) is 29.6 Å². The van der Waals surface area contributed by atoms with Crippen LogP contribution in [0.2, 0.25) is 10.0 Å². The van der Waals surface area contributed by atoms with E-state index in [0.717, 1.165) is 28.6 Å². The number of hydrogen-bond donors (Lipinski definition) is 2. The van der Waals surface area contributed by atoms with Crippen molar-refractivity contribution < 1.29 is 4.79 Å². The second-order valence-electron chi connectivity index (χ2n) is 5.02. The van der Waals surface area contributed by atoms with Gasteiger partial charge >= 0.3 is 0 Å². The van der Waals surface area contributed by atoms with Crippen molar-refractivity contribution in [2.45, 2.75) is 19.4 Å². The summed E-state index contributed by atoms with van der Waals surface area (Å²) in [6.07, 6.45) is 0.772. The Bertz CT molecular complexity index is 695. The highest BCUT2D eigenvalue weighted by Crippen LogP contribution is 2.39. The van der Waals surface area contributed by atoms with Gasteiger partial charge in [0.25, 0.3) is 0 Å². The lowest BCUT2D eigenvalue weighted by molar-refractivity contribution is -0.132. The van der Waals surface area contributed by atoms with E-state index in [1.54, 1.807) is 6.07 Å². The van der Waals surface area contributed by atoms with E-state index in [2.05, 4.69) is 4.98 Å². The lowest BCUT2D eigenvalue weighted by atomic mass is 9.97. The first-order valence-electron chi connectivity index (χ1n) is 6.52. The maximum Gasteiger partial charge on any atom is 0.236 e. The molecule has 2 heterocycles. The summed E-state index contributed by atoms with van der Waals surface area (Å²) in [4.78, 5) is 17.1. The van der Waals surface area contributed by atoms with Crippen molar-refractivity contribution in [2.24, 2.45) is 5.73 Å². The molecule has 1 amide bonds. The normalized spacial score (nSPS) is 18.4. The van der Waals surface area contributed by atoms with Crippen LogP contribution in [-0.2, 0) is 11.2 Å². The Morgan fingerprint density at radius 1 is 1.50 bits per heavy atom. The van der Waals surface area contributed by atoms with E-state index in [9.17, 15) is 4.79 Å². The van der Waals surface area contributed by atoms with Crippen molar-refractivity contribution in [1.29, 1.82) is 0 Å². The molecule has 1 atom stereocenters. The van der Waals surface area contributed by atoms with Crippen molar-refractivity contribution in [3.63, 3.8) is 0 Å². The third-order valence-electron chi connectivity index (χ3n) is 3.97. The van der Waals surface area contributed by atoms with Crippen LogP contribution in [-0.4, -0.2) is 28.9 Å². The third-order valence-corrected chi connectivity index (χ3v) is 4.77. The number of hydrogen-bond acceptors (Lipinski definition) is 2. The van der Waals surface area contributed by atoms with E-state index >= 15 is 0 Å². The number of amides is 1. The fraction of sp³-hybridized carbons (Fsp3) is 0.357. The molecular weight excluding hydrogens is 297 g/mol. The van der Waals surface area contributed by atoms with Crippen LogP contribution in [0.4, 0.5) is 0 Å². The largest absolute Gasteiger partial charge is 0.357 e. The van der Waals surface area contributed by atoms with Crippen LogP contribution < -0.4 is 5.73 Å². The maximum atomic E-state index is 11.9. The molecule has 0 unspecified atom stereocenters. The number of H-pyrrole nitrogens is 1. The van der Waals surface area contributed by atoms with E-state index in [1.807, 2.05) is 17.9 Å². The molecule has 0 spiro atoms. The molecule has 3 N–H and O–H groups in total. The molecule has 2 aromatic rings. The van der Waals surface area contributed by atoms with Crippen molar-refractivity contribution in [1.82, 2.24) is 9.88 Å². The number of rotatable bonds is 1. The number of aromatic amines is 1. The van der Waals surface area contributed by atoms with Gasteiger partial charge in [0.05, 0.1) is 28.1 Å². The molecule has 0 saturated carbocycles. The van der Waals surface area contributed by atoms with Crippen LogP contribution in [0.3, 0.4) is 0 Å². The topological polar surface area (TPSA) is 62.1 Å². The van der Waals surface area contributed by atoms with Gasteiger partial charge in [-0.2, -0.15) is 0 Å². The van der Waals surface area contributed by atoms with Crippen LogP contribution in [0.5, 0.6) is 0 Å². The minimum Gasteiger partial charge on any atom is -0.357 e. The van der Waals surface area contributed by atoms with Gasteiger partial charge in [-0.05, 0) is 13.0 Å². The SMILES string of the molecule is C[C@@H]1c2c([nH]c3c(Cl)c(Cl)ccc23)CCN1C(=O)CN. The molecule has 3 rings (SSSR count). The fourth-order valence-electron chi connectivity index (χ4n) is 2.99. The van der Waals surface area contributed by atoms with E-state index in [-0.39, 0.29) is 18.5 Å². The first-order chi connectivity index (χ1) is 9.54. The monoisotopic (exact) mass is 311 g/mol. The quantitative estimate of drug-likeness (QED) is 0.850. The number of halogens is 2. The van der Waals surface area contributed by atoms with E-state index < -0.39 is 0 Å². The summed E-state index contributed by atoms with van der Waals surface area (Å²) < 4.78 is 0. The predicted octanol–water partition coefficient (Wildman–Crippen LogP) is 2.88. The Labute approximate surface area is 126 Å². The number of fused-ring (bicyclic) bond motifs is 3. The Balaban J connectivity index is 2.17. The molecule has 20 heavy (non-hydrogen) atoms. The number of aromatic nitrogens is 1. The molecular formula is C14H15Cl2N3O. The van der Waals surface area contributed by atoms with Gasteiger partial charge in [-0.3, -0.25) is 4.79 Å². The Kier molecular flexibility index (Phi) is 3.40. The minimum atomic E-state index is -0.0300. The molecule has 0 aliphatic carbocycles. The zero-order chi connectivity index (χ0) is 14.4. The number of nitrogens with two attached hydrogens (primary N) is 1. The zero-order valence-electron chi connectivity index (χ0n) is 11.0. The van der Waals surface area contributed by atoms with E-state index in [4.69, 9.17) is 28.9 Å². The second-order valence-corrected chi connectivity index (χ2v) is 5.80. The van der Waals surface area contributed by atoms with Crippen molar-refractivity contribution in [3.05, 3.63) is 33.4 Å². The summed E-state index contributed by atoms with van der Waals surface area (Å²) in [6, 6.07) is 3.73. The molecule has 0 fully saturated rings. The lowest BCUT2D eigenvalue weighted by Crippen LogP contribution is -2.41. The Hall–Kier alpha value is -1.23. The molecule has 1 aliphatic heterocycles. The summed E-state index contributed by atoms with van der Waals surface area (Å²) in [6.45, 7) is 2.72. The first kappa shape index (κ1) is 13.7. The predicted molar refractivity (Wildman–Crippen MR) is 81.2 cm³/mol. The average molecular weight is 312 g/mol. The van der Waals surface area contributed by atoms with Crippen molar-refractivity contribution >= 4 is 40.0 Å². The van der Waals surface area contributed by atoms with Gasteiger partial charge in [-0.25, -0.2) is 0 Å². The zero-order valence-corrected chi connectivity index (χ0v) is 12.6. The smallest absolute Gasteiger partial charge is 0.236 e. The van der Waals surface area contributed by atoms with Crippen LogP contribution in [0.25, 0.3) is 10.9 Å². The third kappa shape index (κ3) is 1.91. The Morgan fingerprint density at radius 2 is 2.25 bits per heavy atom. The molecule has 1 aromatic heterocycles. The lowest BCUT2D eigenvalue weighted by Gasteiger charge is -2.33. The van der Waals surface area contributed by atoms with Gasteiger partial charge < -0.3 is 15.6 Å². The van der Waals surface area contributed by atoms with Gasteiger partial charge in [0.1, 0.15) is 0 Å². The van der Waals surface area contributed by atoms with Gasteiger partial charge in [-0.15, -0.1) is 0 Å². The maximum absolute atomic E-state index is 11.9. The minimum absolute atomic E-state index is 0.0132. The summed E-state index contributed by atoms with van der Waals surface area (Å²) in [7, 11) is 0. The van der Waals surface area contributed by atoms with Crippen LogP contribution in [0.15, 0.2) is 12.1 Å². The molecule has 0 bridgehead atoms. The number of carbonyl (C=O) groups excluding carboxylic acids is 1. The van der Waals surface area contributed by atoms with Gasteiger partial charge in [0.2, 0.25) is 5.91 Å². The van der Waals surface area contributed by atoms with Gasteiger partial charge in [0.15, 0.2) is 0 Å². The molecule has 0 saturated heterocycles. The number of benzene rings is 1. The molecule has 106 valence electrons. The number of carbonyl (C=O) groups is 1. The summed E-state index contributed by atoms with van der Waals surface area (Å²) in [5.41, 5.74) is 8.56. The fourth-order valence-corrected chi connectivity index (χ4v) is 3.36. The number of nitrogens with zero attached hydrogens (tertiary/aromatic N) is 1. The van der Waals surface area contributed by atoms with Crippen molar-refractivity contribution in [3.8, 4) is 0 Å².